The molecule has 2 heterocycles. The Morgan fingerprint density at radius 2 is 2.12 bits per heavy atom. The molecule has 0 radical (unpaired) electrons. The van der Waals surface area contributed by atoms with Crippen molar-refractivity contribution in [2.24, 2.45) is 5.73 Å². The van der Waals surface area contributed by atoms with Crippen molar-refractivity contribution in [1.82, 2.24) is 4.98 Å². The van der Waals surface area contributed by atoms with Crippen molar-refractivity contribution in [2.75, 3.05) is 6.54 Å². The molecule has 2 aromatic carbocycles. The third-order valence-corrected chi connectivity index (χ3v) is 6.56. The zero-order chi connectivity index (χ0) is 18.1. The molecule has 1 atom stereocenters. The molecule has 5 rings (SSSR count). The first kappa shape index (κ1) is 15.6. The lowest BCUT2D eigenvalue weighted by Crippen LogP contribution is -2.42. The Labute approximate surface area is 153 Å². The summed E-state index contributed by atoms with van der Waals surface area (Å²) in [6, 6.07) is 11.7. The van der Waals surface area contributed by atoms with Crippen LogP contribution >= 0.6 is 11.3 Å². The lowest BCUT2D eigenvalue weighted by molar-refractivity contribution is 0.421. The van der Waals surface area contributed by atoms with Crippen LogP contribution in [0.15, 0.2) is 46.6 Å². The first-order valence-corrected chi connectivity index (χ1v) is 9.49. The van der Waals surface area contributed by atoms with Gasteiger partial charge in [0.05, 0.1) is 0 Å². The Kier molecular flexibility index (Phi) is 3.12. The average molecular weight is 362 g/mol. The summed E-state index contributed by atoms with van der Waals surface area (Å²) < 4.78 is 0.684. The predicted molar refractivity (Wildman–Crippen MR) is 107 cm³/mol. The van der Waals surface area contributed by atoms with Gasteiger partial charge in [-0.2, -0.15) is 0 Å². The van der Waals surface area contributed by atoms with Gasteiger partial charge in [0.15, 0.2) is 0 Å². The van der Waals surface area contributed by atoms with Crippen molar-refractivity contribution < 1.29 is 5.11 Å². The molecule has 1 unspecified atom stereocenters. The number of H-pyrrole nitrogens is 1. The van der Waals surface area contributed by atoms with Gasteiger partial charge in [0.2, 0.25) is 0 Å². The van der Waals surface area contributed by atoms with Crippen LogP contribution in [-0.4, -0.2) is 16.6 Å². The summed E-state index contributed by atoms with van der Waals surface area (Å²) in [6.45, 7) is 2.82. The van der Waals surface area contributed by atoms with E-state index in [0.29, 0.717) is 11.2 Å². The molecular formula is C21H18N2O2S. The quantitative estimate of drug-likeness (QED) is 0.506. The van der Waals surface area contributed by atoms with Crippen LogP contribution < -0.4 is 11.3 Å². The molecule has 2 aromatic heterocycles. The second kappa shape index (κ2) is 5.19. The van der Waals surface area contributed by atoms with Gasteiger partial charge in [-0.1, -0.05) is 25.1 Å². The van der Waals surface area contributed by atoms with Crippen LogP contribution in [0.5, 0.6) is 5.75 Å². The number of hydrogen-bond donors (Lipinski definition) is 3. The highest BCUT2D eigenvalue weighted by Gasteiger charge is 2.37. The molecule has 0 fully saturated rings. The lowest BCUT2D eigenvalue weighted by Gasteiger charge is -2.40. The first-order chi connectivity index (χ1) is 12.5. The molecule has 4 nitrogen and oxygen atoms in total. The van der Waals surface area contributed by atoms with Gasteiger partial charge in [-0.25, -0.2) is 0 Å². The fraction of sp³-hybridized carbons (Fsp3) is 0.190. The predicted octanol–water partition coefficient (Wildman–Crippen LogP) is 3.89. The number of aromatic amines is 1. The van der Waals surface area contributed by atoms with Gasteiger partial charge in [0.1, 0.15) is 10.4 Å². The Hall–Kier alpha value is -2.63. The topological polar surface area (TPSA) is 79.1 Å². The van der Waals surface area contributed by atoms with E-state index in [1.807, 2.05) is 17.5 Å². The molecule has 0 amide bonds. The zero-order valence-corrected chi connectivity index (χ0v) is 15.1. The molecule has 0 spiro atoms. The van der Waals surface area contributed by atoms with Crippen molar-refractivity contribution in [2.45, 2.75) is 18.8 Å². The maximum absolute atomic E-state index is 12.3. The van der Waals surface area contributed by atoms with Crippen LogP contribution in [0.1, 0.15) is 18.1 Å². The Balaban J connectivity index is 1.83. The number of hydrogen-bond acceptors (Lipinski definition) is 4. The number of pyridine rings is 1. The van der Waals surface area contributed by atoms with Crippen molar-refractivity contribution in [3.8, 4) is 16.9 Å². The Bertz CT molecular complexity index is 1250. The van der Waals surface area contributed by atoms with Crippen molar-refractivity contribution in [3.63, 3.8) is 0 Å². The molecule has 5 heteroatoms. The van der Waals surface area contributed by atoms with E-state index in [1.165, 1.54) is 22.5 Å². The molecule has 0 bridgehead atoms. The third kappa shape index (κ3) is 1.95. The van der Waals surface area contributed by atoms with E-state index in [-0.39, 0.29) is 16.7 Å². The summed E-state index contributed by atoms with van der Waals surface area (Å²) in [6.07, 6.45) is 0.947. The molecular weight excluding hydrogens is 344 g/mol. The standard InChI is InChI=1S/C21H18N2O2S/c1-21(10-22)9-12-8-11(2-3-14(12)21)17-16(24)5-4-15-18(17)13-6-7-26-19(13)20(25)23-15/h2-8,24H,9-10,22H2,1H3,(H,23,25). The Morgan fingerprint density at radius 1 is 1.27 bits per heavy atom. The molecule has 0 aliphatic heterocycles. The minimum atomic E-state index is -0.0880. The zero-order valence-electron chi connectivity index (χ0n) is 14.3. The highest BCUT2D eigenvalue weighted by atomic mass is 32.1. The number of phenolic OH excluding ortho intramolecular Hbond substituents is 1. The number of thiophene rings is 1. The van der Waals surface area contributed by atoms with Crippen molar-refractivity contribution in [1.29, 1.82) is 0 Å². The highest BCUT2D eigenvalue weighted by Crippen LogP contribution is 2.45. The molecule has 130 valence electrons. The van der Waals surface area contributed by atoms with Crippen LogP contribution in [0.25, 0.3) is 32.1 Å². The van der Waals surface area contributed by atoms with Gasteiger partial charge in [0, 0.05) is 33.8 Å². The summed E-state index contributed by atoms with van der Waals surface area (Å²) in [5.41, 5.74) is 10.9. The molecule has 4 N–H and O–H groups in total. The number of benzene rings is 2. The van der Waals surface area contributed by atoms with Gasteiger partial charge in [-0.3, -0.25) is 4.79 Å². The maximum Gasteiger partial charge on any atom is 0.266 e. The number of nitrogens with two attached hydrogens (primary N) is 1. The van der Waals surface area contributed by atoms with Gasteiger partial charge in [0.25, 0.3) is 5.56 Å². The van der Waals surface area contributed by atoms with E-state index in [4.69, 9.17) is 5.73 Å². The fourth-order valence-corrected chi connectivity index (χ4v) is 5.00. The van der Waals surface area contributed by atoms with Gasteiger partial charge < -0.3 is 15.8 Å². The number of aromatic nitrogens is 1. The third-order valence-electron chi connectivity index (χ3n) is 5.65. The highest BCUT2D eigenvalue weighted by molar-refractivity contribution is 7.17. The van der Waals surface area contributed by atoms with E-state index < -0.39 is 0 Å². The molecule has 26 heavy (non-hydrogen) atoms. The summed E-state index contributed by atoms with van der Waals surface area (Å²) in [4.78, 5) is 15.2. The largest absolute Gasteiger partial charge is 0.507 e. The number of phenols is 1. The summed E-state index contributed by atoms with van der Waals surface area (Å²) >= 11 is 1.42. The van der Waals surface area contributed by atoms with Gasteiger partial charge in [-0.15, -0.1) is 11.3 Å². The molecule has 1 aliphatic carbocycles. The van der Waals surface area contributed by atoms with E-state index >= 15 is 0 Å². The summed E-state index contributed by atoms with van der Waals surface area (Å²) in [5.74, 6) is 0.220. The van der Waals surface area contributed by atoms with Crippen LogP contribution in [0.3, 0.4) is 0 Å². The maximum atomic E-state index is 12.3. The average Bonchev–Trinajstić information content (AvgIpc) is 3.11. The van der Waals surface area contributed by atoms with Crippen LogP contribution in [0, 0.1) is 0 Å². The van der Waals surface area contributed by atoms with Crippen molar-refractivity contribution in [3.05, 3.63) is 63.3 Å². The summed E-state index contributed by atoms with van der Waals surface area (Å²) in [7, 11) is 0. The van der Waals surface area contributed by atoms with E-state index in [2.05, 4.69) is 24.0 Å². The lowest BCUT2D eigenvalue weighted by atomic mass is 9.65. The van der Waals surface area contributed by atoms with Gasteiger partial charge >= 0.3 is 0 Å². The number of fused-ring (bicyclic) bond motifs is 4. The monoisotopic (exact) mass is 362 g/mol. The fourth-order valence-electron chi connectivity index (χ4n) is 4.20. The van der Waals surface area contributed by atoms with E-state index in [0.717, 1.165) is 33.8 Å². The van der Waals surface area contributed by atoms with E-state index in [9.17, 15) is 9.90 Å². The first-order valence-electron chi connectivity index (χ1n) is 8.61. The second-order valence-electron chi connectivity index (χ2n) is 7.31. The number of aromatic hydroxyl groups is 1. The van der Waals surface area contributed by atoms with Crippen LogP contribution in [-0.2, 0) is 11.8 Å². The minimum Gasteiger partial charge on any atom is -0.507 e. The molecule has 0 saturated heterocycles. The van der Waals surface area contributed by atoms with Crippen LogP contribution in [0.4, 0.5) is 0 Å². The second-order valence-corrected chi connectivity index (χ2v) is 8.23. The normalized spacial score (nSPS) is 18.8. The van der Waals surface area contributed by atoms with Crippen molar-refractivity contribution >= 4 is 32.3 Å². The smallest absolute Gasteiger partial charge is 0.266 e. The van der Waals surface area contributed by atoms with Gasteiger partial charge in [-0.05, 0) is 46.7 Å². The number of rotatable bonds is 2. The summed E-state index contributed by atoms with van der Waals surface area (Å²) in [5, 5.41) is 14.3. The molecule has 1 aliphatic rings. The minimum absolute atomic E-state index is 0.0561. The van der Waals surface area contributed by atoms with E-state index in [1.54, 1.807) is 12.1 Å². The Morgan fingerprint density at radius 3 is 2.88 bits per heavy atom. The molecule has 4 aromatic rings. The SMILES string of the molecule is CC1(CN)Cc2cc(-c3c(O)ccc4[nH]c(=O)c5sccc5c34)ccc21. The van der Waals surface area contributed by atoms with Crippen LogP contribution in [0.2, 0.25) is 0 Å². The number of nitrogens with one attached hydrogen (secondary N) is 1. The molecule has 0 saturated carbocycles.